The van der Waals surface area contributed by atoms with Crippen LogP contribution in [0.5, 0.6) is 5.75 Å². The summed E-state index contributed by atoms with van der Waals surface area (Å²) in [5.74, 6) is 2.55. The van der Waals surface area contributed by atoms with Crippen LogP contribution in [0.2, 0.25) is 0 Å². The molecule has 1 rings (SSSR count). The van der Waals surface area contributed by atoms with Gasteiger partial charge < -0.3 is 10.1 Å². The van der Waals surface area contributed by atoms with E-state index >= 15 is 0 Å². The van der Waals surface area contributed by atoms with Crippen molar-refractivity contribution in [2.75, 3.05) is 6.61 Å². The van der Waals surface area contributed by atoms with Gasteiger partial charge in [0.05, 0.1) is 6.61 Å². The molecule has 0 saturated carbocycles. The summed E-state index contributed by atoms with van der Waals surface area (Å²) in [6.45, 7) is 7.22. The molecule has 2 nitrogen and oxygen atoms in total. The van der Waals surface area contributed by atoms with Gasteiger partial charge in [-0.1, -0.05) is 12.1 Å². The lowest BCUT2D eigenvalue weighted by Crippen LogP contribution is -2.35. The Balaban J connectivity index is 2.69. The molecule has 0 amide bonds. The standard InChI is InChI=1S/C16H22FNO/c1-5-6-7-11-19-15-13(9-8-10-14(15)17)12-18-16(2,3)4/h1,8-10,18H,6-7,11-12H2,2-4H3. The molecule has 1 N–H and O–H groups in total. The third-order valence-corrected chi connectivity index (χ3v) is 2.57. The Morgan fingerprint density at radius 2 is 2.11 bits per heavy atom. The maximum Gasteiger partial charge on any atom is 0.165 e. The van der Waals surface area contributed by atoms with Gasteiger partial charge in [0.25, 0.3) is 0 Å². The average Bonchev–Trinajstić information content (AvgIpc) is 2.33. The third-order valence-electron chi connectivity index (χ3n) is 2.57. The highest BCUT2D eigenvalue weighted by Gasteiger charge is 2.13. The number of unbranched alkanes of at least 4 members (excludes halogenated alkanes) is 1. The van der Waals surface area contributed by atoms with Crippen LogP contribution in [0.3, 0.4) is 0 Å². The largest absolute Gasteiger partial charge is 0.490 e. The van der Waals surface area contributed by atoms with Crippen molar-refractivity contribution in [3.8, 4) is 18.1 Å². The minimum atomic E-state index is -0.325. The first kappa shape index (κ1) is 15.5. The summed E-state index contributed by atoms with van der Waals surface area (Å²) in [5, 5.41) is 3.33. The fourth-order valence-corrected chi connectivity index (χ4v) is 1.56. The lowest BCUT2D eigenvalue weighted by Gasteiger charge is -2.21. The number of hydrogen-bond acceptors (Lipinski definition) is 2. The Hall–Kier alpha value is -1.53. The fraction of sp³-hybridized carbons (Fsp3) is 0.500. The first-order valence-electron chi connectivity index (χ1n) is 6.53. The SMILES string of the molecule is C#CCCCOc1c(F)cccc1CNC(C)(C)C. The molecule has 0 unspecified atom stereocenters. The number of halogens is 1. The lowest BCUT2D eigenvalue weighted by atomic mass is 10.1. The molecular weight excluding hydrogens is 241 g/mol. The highest BCUT2D eigenvalue weighted by molar-refractivity contribution is 5.35. The van der Waals surface area contributed by atoms with Crippen LogP contribution >= 0.6 is 0 Å². The molecular formula is C16H22FNO. The van der Waals surface area contributed by atoms with E-state index < -0.39 is 0 Å². The number of ether oxygens (including phenoxy) is 1. The minimum Gasteiger partial charge on any atom is -0.490 e. The van der Waals surface area contributed by atoms with Gasteiger partial charge >= 0.3 is 0 Å². The molecule has 0 fully saturated rings. The predicted molar refractivity (Wildman–Crippen MR) is 76.6 cm³/mol. The normalized spacial score (nSPS) is 11.1. The Bertz CT molecular complexity index is 443. The number of terminal acetylenes is 1. The van der Waals surface area contributed by atoms with E-state index in [-0.39, 0.29) is 11.4 Å². The molecule has 19 heavy (non-hydrogen) atoms. The third kappa shape index (κ3) is 5.76. The Morgan fingerprint density at radius 3 is 2.74 bits per heavy atom. The van der Waals surface area contributed by atoms with E-state index in [9.17, 15) is 4.39 Å². The highest BCUT2D eigenvalue weighted by atomic mass is 19.1. The number of nitrogens with one attached hydrogen (secondary N) is 1. The molecule has 0 aromatic heterocycles. The second kappa shape index (κ2) is 7.16. The first-order chi connectivity index (χ1) is 8.94. The zero-order chi connectivity index (χ0) is 14.3. The molecule has 1 aromatic rings. The van der Waals surface area contributed by atoms with E-state index in [0.29, 0.717) is 25.3 Å². The van der Waals surface area contributed by atoms with Crippen molar-refractivity contribution in [3.63, 3.8) is 0 Å². The average molecular weight is 263 g/mol. The molecule has 0 aliphatic carbocycles. The van der Waals surface area contributed by atoms with E-state index in [1.165, 1.54) is 6.07 Å². The van der Waals surface area contributed by atoms with Crippen LogP contribution in [0.1, 0.15) is 39.2 Å². The smallest absolute Gasteiger partial charge is 0.165 e. The quantitative estimate of drug-likeness (QED) is 0.626. The van der Waals surface area contributed by atoms with Gasteiger partial charge in [0.1, 0.15) is 0 Å². The molecule has 0 bridgehead atoms. The van der Waals surface area contributed by atoms with E-state index in [0.717, 1.165) is 12.0 Å². The van der Waals surface area contributed by atoms with Crippen LogP contribution < -0.4 is 10.1 Å². The van der Waals surface area contributed by atoms with Crippen molar-refractivity contribution in [3.05, 3.63) is 29.6 Å². The van der Waals surface area contributed by atoms with Crippen LogP contribution in [0.15, 0.2) is 18.2 Å². The molecule has 0 saturated heterocycles. The molecule has 0 radical (unpaired) electrons. The zero-order valence-electron chi connectivity index (χ0n) is 11.9. The molecule has 0 aliphatic heterocycles. The first-order valence-corrected chi connectivity index (χ1v) is 6.53. The van der Waals surface area contributed by atoms with Crippen LogP contribution in [0.25, 0.3) is 0 Å². The van der Waals surface area contributed by atoms with Crippen molar-refractivity contribution >= 4 is 0 Å². The lowest BCUT2D eigenvalue weighted by molar-refractivity contribution is 0.291. The van der Waals surface area contributed by atoms with Crippen molar-refractivity contribution in [1.82, 2.24) is 5.32 Å². The summed E-state index contributed by atoms with van der Waals surface area (Å²) >= 11 is 0. The van der Waals surface area contributed by atoms with E-state index in [1.54, 1.807) is 6.07 Å². The number of rotatable bonds is 6. The van der Waals surface area contributed by atoms with Crippen LogP contribution in [0, 0.1) is 18.2 Å². The van der Waals surface area contributed by atoms with E-state index in [4.69, 9.17) is 11.2 Å². The van der Waals surface area contributed by atoms with Gasteiger partial charge in [-0.3, -0.25) is 0 Å². The molecule has 0 heterocycles. The Morgan fingerprint density at radius 1 is 1.37 bits per heavy atom. The van der Waals surface area contributed by atoms with Crippen molar-refractivity contribution < 1.29 is 9.13 Å². The van der Waals surface area contributed by atoms with Crippen molar-refractivity contribution in [1.29, 1.82) is 0 Å². The number of para-hydroxylation sites is 1. The second-order valence-corrected chi connectivity index (χ2v) is 5.49. The second-order valence-electron chi connectivity index (χ2n) is 5.49. The summed E-state index contributed by atoms with van der Waals surface area (Å²) in [7, 11) is 0. The minimum absolute atomic E-state index is 0.0208. The summed E-state index contributed by atoms with van der Waals surface area (Å²) in [6, 6.07) is 4.98. The van der Waals surface area contributed by atoms with Gasteiger partial charge in [0, 0.05) is 24.1 Å². The summed E-state index contributed by atoms with van der Waals surface area (Å²) < 4.78 is 19.3. The van der Waals surface area contributed by atoms with Gasteiger partial charge in [0.15, 0.2) is 11.6 Å². The molecule has 0 atom stereocenters. The maximum atomic E-state index is 13.8. The summed E-state index contributed by atoms with van der Waals surface area (Å²) in [5.41, 5.74) is 0.809. The molecule has 3 heteroatoms. The Kier molecular flexibility index (Phi) is 5.85. The van der Waals surface area contributed by atoms with Gasteiger partial charge in [-0.2, -0.15) is 0 Å². The molecule has 1 aromatic carbocycles. The zero-order valence-corrected chi connectivity index (χ0v) is 11.9. The van der Waals surface area contributed by atoms with Crippen LogP contribution in [0.4, 0.5) is 4.39 Å². The van der Waals surface area contributed by atoms with Crippen molar-refractivity contribution in [2.24, 2.45) is 0 Å². The van der Waals surface area contributed by atoms with Gasteiger partial charge in [-0.15, -0.1) is 12.3 Å². The summed E-state index contributed by atoms with van der Waals surface area (Å²) in [4.78, 5) is 0. The maximum absolute atomic E-state index is 13.8. The number of benzene rings is 1. The van der Waals surface area contributed by atoms with Gasteiger partial charge in [0.2, 0.25) is 0 Å². The Labute approximate surface area is 115 Å². The number of hydrogen-bond donors (Lipinski definition) is 1. The van der Waals surface area contributed by atoms with Gasteiger partial charge in [-0.25, -0.2) is 4.39 Å². The van der Waals surface area contributed by atoms with Crippen LogP contribution in [-0.2, 0) is 6.54 Å². The molecule has 0 spiro atoms. The molecule has 0 aliphatic rings. The topological polar surface area (TPSA) is 21.3 Å². The molecule has 104 valence electrons. The highest BCUT2D eigenvalue weighted by Crippen LogP contribution is 2.23. The van der Waals surface area contributed by atoms with E-state index in [2.05, 4.69) is 32.0 Å². The monoisotopic (exact) mass is 263 g/mol. The van der Waals surface area contributed by atoms with Crippen LogP contribution in [-0.4, -0.2) is 12.1 Å². The predicted octanol–water partition coefficient (Wildman–Crippen LogP) is 3.51. The summed E-state index contributed by atoms with van der Waals surface area (Å²) in [6.07, 6.45) is 6.55. The van der Waals surface area contributed by atoms with Gasteiger partial charge in [-0.05, 0) is 33.3 Å². The van der Waals surface area contributed by atoms with Crippen molar-refractivity contribution in [2.45, 2.75) is 45.7 Å². The fourth-order valence-electron chi connectivity index (χ4n) is 1.56. The van der Waals surface area contributed by atoms with E-state index in [1.807, 2.05) is 6.07 Å².